The Bertz CT molecular complexity index is 386. The number of carbonyl (C=O) groups is 1. The predicted molar refractivity (Wildman–Crippen MR) is 77.5 cm³/mol. The van der Waals surface area contributed by atoms with Crippen LogP contribution < -0.4 is 0 Å². The fraction of sp³-hybridized carbons (Fsp3) is 0.500. The molecule has 1 aromatic rings. The number of hydrogen-bond acceptors (Lipinski definition) is 2. The van der Waals surface area contributed by atoms with Gasteiger partial charge in [0.25, 0.3) is 0 Å². The highest BCUT2D eigenvalue weighted by atomic mass is 79.9. The second kappa shape index (κ2) is 6.60. The lowest BCUT2D eigenvalue weighted by Gasteiger charge is -2.20. The Kier molecular flexibility index (Phi) is 5.11. The van der Waals surface area contributed by atoms with Crippen LogP contribution in [0.5, 0.6) is 0 Å². The Morgan fingerprint density at radius 1 is 1.35 bits per heavy atom. The van der Waals surface area contributed by atoms with Crippen molar-refractivity contribution >= 4 is 33.5 Å². The van der Waals surface area contributed by atoms with E-state index in [0.717, 1.165) is 16.5 Å². The number of hydrogen-bond donors (Lipinski definition) is 0. The predicted octanol–water partition coefficient (Wildman–Crippen LogP) is 4.09. The van der Waals surface area contributed by atoms with Gasteiger partial charge in [-0.25, -0.2) is 0 Å². The largest absolute Gasteiger partial charge is 0.299 e. The lowest BCUT2D eigenvalue weighted by atomic mass is 9.94. The maximum atomic E-state index is 12.0. The molecule has 2 rings (SSSR count). The third-order valence-corrected chi connectivity index (χ3v) is 4.69. The summed E-state index contributed by atoms with van der Waals surface area (Å²) in [7, 11) is 0. The minimum atomic E-state index is 0.389. The number of halogens is 1. The summed E-state index contributed by atoms with van der Waals surface area (Å²) < 4.78 is 1.05. The van der Waals surface area contributed by atoms with Crippen molar-refractivity contribution in [3.63, 3.8) is 0 Å². The molecular formula is C14H17BrOS. The van der Waals surface area contributed by atoms with Crippen LogP contribution in [0, 0.1) is 5.92 Å². The highest BCUT2D eigenvalue weighted by molar-refractivity contribution is 9.10. The zero-order chi connectivity index (χ0) is 12.1. The minimum absolute atomic E-state index is 0.389. The summed E-state index contributed by atoms with van der Waals surface area (Å²) in [4.78, 5) is 12.0. The van der Waals surface area contributed by atoms with E-state index in [9.17, 15) is 4.79 Å². The molecule has 0 aromatic heterocycles. The van der Waals surface area contributed by atoms with E-state index in [4.69, 9.17) is 0 Å². The van der Waals surface area contributed by atoms with Crippen LogP contribution in [-0.4, -0.2) is 17.3 Å². The number of Topliss-reactive ketones (excluding diaryl/α,β-unsaturated/α-hetero) is 1. The van der Waals surface area contributed by atoms with Crippen molar-refractivity contribution in [3.05, 3.63) is 34.3 Å². The standard InChI is InChI=1S/C14H17BrOS/c15-13-3-1-2-12(8-13)10-14(16)9-11-4-6-17-7-5-11/h1-3,8,11H,4-7,9-10H2. The third-order valence-electron chi connectivity index (χ3n) is 3.15. The first-order chi connectivity index (χ1) is 8.24. The molecule has 0 N–H and O–H groups in total. The Morgan fingerprint density at radius 3 is 2.82 bits per heavy atom. The van der Waals surface area contributed by atoms with Crippen LogP contribution in [0.2, 0.25) is 0 Å². The van der Waals surface area contributed by atoms with Crippen LogP contribution in [0.15, 0.2) is 28.7 Å². The van der Waals surface area contributed by atoms with Gasteiger partial charge in [0.05, 0.1) is 0 Å². The Labute approximate surface area is 115 Å². The van der Waals surface area contributed by atoms with E-state index in [2.05, 4.69) is 15.9 Å². The molecule has 1 aliphatic heterocycles. The van der Waals surface area contributed by atoms with Crippen LogP contribution in [0.1, 0.15) is 24.8 Å². The molecule has 1 fully saturated rings. The summed E-state index contributed by atoms with van der Waals surface area (Å²) in [5, 5.41) is 0. The van der Waals surface area contributed by atoms with Gasteiger partial charge in [-0.05, 0) is 48.0 Å². The fourth-order valence-electron chi connectivity index (χ4n) is 2.22. The molecule has 0 amide bonds. The quantitative estimate of drug-likeness (QED) is 0.832. The maximum absolute atomic E-state index is 12.0. The van der Waals surface area contributed by atoms with Gasteiger partial charge in [0, 0.05) is 17.3 Å². The molecule has 92 valence electrons. The minimum Gasteiger partial charge on any atom is -0.299 e. The van der Waals surface area contributed by atoms with Gasteiger partial charge in [-0.2, -0.15) is 11.8 Å². The summed E-state index contributed by atoms with van der Waals surface area (Å²) in [5.74, 6) is 3.49. The van der Waals surface area contributed by atoms with Crippen LogP contribution in [0.4, 0.5) is 0 Å². The molecule has 17 heavy (non-hydrogen) atoms. The second-order valence-electron chi connectivity index (χ2n) is 4.61. The SMILES string of the molecule is O=C(Cc1cccc(Br)c1)CC1CCSCC1. The normalized spacial score (nSPS) is 17.0. The molecule has 0 aliphatic carbocycles. The van der Waals surface area contributed by atoms with Gasteiger partial charge in [-0.1, -0.05) is 28.1 Å². The average Bonchev–Trinajstić information content (AvgIpc) is 2.30. The molecule has 1 nitrogen and oxygen atoms in total. The Balaban J connectivity index is 1.84. The van der Waals surface area contributed by atoms with Crippen molar-refractivity contribution in [2.75, 3.05) is 11.5 Å². The summed E-state index contributed by atoms with van der Waals surface area (Å²) in [5.41, 5.74) is 1.12. The molecule has 3 heteroatoms. The van der Waals surface area contributed by atoms with Crippen LogP contribution in [0.3, 0.4) is 0 Å². The van der Waals surface area contributed by atoms with E-state index >= 15 is 0 Å². The number of benzene rings is 1. The topological polar surface area (TPSA) is 17.1 Å². The van der Waals surface area contributed by atoms with Gasteiger partial charge >= 0.3 is 0 Å². The molecule has 1 heterocycles. The summed E-state index contributed by atoms with van der Waals surface area (Å²) in [6.45, 7) is 0. The third kappa shape index (κ3) is 4.47. The summed E-state index contributed by atoms with van der Waals surface area (Å²) in [6, 6.07) is 8.05. The van der Waals surface area contributed by atoms with Crippen molar-refractivity contribution in [1.82, 2.24) is 0 Å². The van der Waals surface area contributed by atoms with Crippen molar-refractivity contribution in [3.8, 4) is 0 Å². The molecule has 0 radical (unpaired) electrons. The molecule has 0 spiro atoms. The number of rotatable bonds is 4. The number of carbonyl (C=O) groups excluding carboxylic acids is 1. The van der Waals surface area contributed by atoms with Gasteiger partial charge < -0.3 is 0 Å². The van der Waals surface area contributed by atoms with Crippen molar-refractivity contribution < 1.29 is 4.79 Å². The Morgan fingerprint density at radius 2 is 2.12 bits per heavy atom. The highest BCUT2D eigenvalue weighted by Gasteiger charge is 2.17. The van der Waals surface area contributed by atoms with E-state index in [-0.39, 0.29) is 0 Å². The van der Waals surface area contributed by atoms with E-state index in [0.29, 0.717) is 18.1 Å². The fourth-order valence-corrected chi connectivity index (χ4v) is 3.87. The van der Waals surface area contributed by atoms with Crippen molar-refractivity contribution in [2.24, 2.45) is 5.92 Å². The van der Waals surface area contributed by atoms with Crippen molar-refractivity contribution in [2.45, 2.75) is 25.7 Å². The van der Waals surface area contributed by atoms with Gasteiger partial charge in [-0.3, -0.25) is 4.79 Å². The number of ketones is 1. The molecule has 1 aromatic carbocycles. The second-order valence-corrected chi connectivity index (χ2v) is 6.75. The van der Waals surface area contributed by atoms with Crippen LogP contribution in [-0.2, 0) is 11.2 Å². The van der Waals surface area contributed by atoms with Gasteiger partial charge in [0.2, 0.25) is 0 Å². The maximum Gasteiger partial charge on any atom is 0.137 e. The van der Waals surface area contributed by atoms with Gasteiger partial charge in [0.1, 0.15) is 5.78 Å². The first-order valence-corrected chi connectivity index (χ1v) is 8.02. The Hall–Kier alpha value is -0.280. The molecule has 0 bridgehead atoms. The van der Waals surface area contributed by atoms with Gasteiger partial charge in [-0.15, -0.1) is 0 Å². The van der Waals surface area contributed by atoms with E-state index in [1.165, 1.54) is 24.3 Å². The summed E-state index contributed by atoms with van der Waals surface area (Å²) >= 11 is 5.45. The molecular weight excluding hydrogens is 296 g/mol. The average molecular weight is 313 g/mol. The van der Waals surface area contributed by atoms with Crippen molar-refractivity contribution in [1.29, 1.82) is 0 Å². The molecule has 0 saturated carbocycles. The number of thioether (sulfide) groups is 1. The van der Waals surface area contributed by atoms with E-state index < -0.39 is 0 Å². The lowest BCUT2D eigenvalue weighted by molar-refractivity contribution is -0.119. The first kappa shape index (κ1) is 13.2. The molecule has 1 aliphatic rings. The van der Waals surface area contributed by atoms with E-state index in [1.807, 2.05) is 36.0 Å². The monoisotopic (exact) mass is 312 g/mol. The summed E-state index contributed by atoms with van der Waals surface area (Å²) in [6.07, 6.45) is 3.79. The smallest absolute Gasteiger partial charge is 0.137 e. The zero-order valence-corrected chi connectivity index (χ0v) is 12.2. The highest BCUT2D eigenvalue weighted by Crippen LogP contribution is 2.26. The molecule has 0 atom stereocenters. The van der Waals surface area contributed by atoms with Gasteiger partial charge in [0.15, 0.2) is 0 Å². The van der Waals surface area contributed by atoms with E-state index in [1.54, 1.807) is 0 Å². The molecule has 0 unspecified atom stereocenters. The lowest BCUT2D eigenvalue weighted by Crippen LogP contribution is -2.15. The van der Waals surface area contributed by atoms with Crippen LogP contribution in [0.25, 0.3) is 0 Å². The first-order valence-electron chi connectivity index (χ1n) is 6.08. The zero-order valence-electron chi connectivity index (χ0n) is 9.82. The molecule has 1 saturated heterocycles. The van der Waals surface area contributed by atoms with Crippen LogP contribution >= 0.6 is 27.7 Å².